The number of benzene rings is 1. The van der Waals surface area contributed by atoms with E-state index in [0.717, 1.165) is 17.0 Å². The van der Waals surface area contributed by atoms with Gasteiger partial charge in [-0.1, -0.05) is 0 Å². The summed E-state index contributed by atoms with van der Waals surface area (Å²) in [4.78, 5) is 10.7. The number of nitrogens with one attached hydrogen (secondary N) is 1. The summed E-state index contributed by atoms with van der Waals surface area (Å²) in [5.74, 6) is 1.26. The van der Waals surface area contributed by atoms with Crippen LogP contribution < -0.4 is 14.9 Å². The second-order valence-electron chi connectivity index (χ2n) is 3.72. The summed E-state index contributed by atoms with van der Waals surface area (Å²) < 4.78 is 10.9. The predicted molar refractivity (Wildman–Crippen MR) is 63.5 cm³/mol. The second-order valence-corrected chi connectivity index (χ2v) is 3.72. The van der Waals surface area contributed by atoms with Gasteiger partial charge in [0.25, 0.3) is 0 Å². The highest BCUT2D eigenvalue weighted by Gasteiger charge is 2.12. The van der Waals surface area contributed by atoms with E-state index < -0.39 is 0 Å². The summed E-state index contributed by atoms with van der Waals surface area (Å²) in [5, 5.41) is 3.96. The quantitative estimate of drug-likeness (QED) is 0.620. The molecule has 0 atom stereocenters. The summed E-state index contributed by atoms with van der Waals surface area (Å²) >= 11 is 0. The molecule has 2 rings (SSSR count). The lowest BCUT2D eigenvalue weighted by molar-refractivity contribution is -0.118. The Morgan fingerprint density at radius 1 is 1.24 bits per heavy atom. The molecule has 0 radical (unpaired) electrons. The first-order valence-electron chi connectivity index (χ1n) is 5.37. The predicted octanol–water partition coefficient (Wildman–Crippen LogP) is 1.32. The molecule has 5 heteroatoms. The SMILES string of the molecule is CC(=O)N/N=C(\C)c1ccc2c(c1)OCCO2. The van der Waals surface area contributed by atoms with Crippen LogP contribution in [0.5, 0.6) is 11.5 Å². The van der Waals surface area contributed by atoms with Crippen LogP contribution in [0.15, 0.2) is 23.3 Å². The lowest BCUT2D eigenvalue weighted by Crippen LogP contribution is -2.17. The van der Waals surface area contributed by atoms with Crippen molar-refractivity contribution in [3.05, 3.63) is 23.8 Å². The molecular weight excluding hydrogens is 220 g/mol. The van der Waals surface area contributed by atoms with Gasteiger partial charge in [-0.05, 0) is 25.1 Å². The summed E-state index contributed by atoms with van der Waals surface area (Å²) in [6.45, 7) is 4.37. The third-order valence-electron chi connectivity index (χ3n) is 2.34. The highest BCUT2D eigenvalue weighted by Crippen LogP contribution is 2.30. The summed E-state index contributed by atoms with van der Waals surface area (Å²) in [6.07, 6.45) is 0. The molecule has 0 spiro atoms. The van der Waals surface area contributed by atoms with Gasteiger partial charge >= 0.3 is 0 Å². The number of hydrogen-bond donors (Lipinski definition) is 1. The van der Waals surface area contributed by atoms with Crippen LogP contribution >= 0.6 is 0 Å². The first-order valence-corrected chi connectivity index (χ1v) is 5.37. The average Bonchev–Trinajstić information content (AvgIpc) is 2.35. The molecule has 17 heavy (non-hydrogen) atoms. The van der Waals surface area contributed by atoms with Gasteiger partial charge in [0.05, 0.1) is 5.71 Å². The Hall–Kier alpha value is -2.04. The number of hydrogen-bond acceptors (Lipinski definition) is 4. The number of rotatable bonds is 2. The Kier molecular flexibility index (Phi) is 3.27. The Bertz CT molecular complexity index is 469. The first-order chi connectivity index (χ1) is 8.16. The molecule has 0 saturated carbocycles. The molecule has 0 saturated heterocycles. The number of carbonyl (C=O) groups excluding carboxylic acids is 1. The van der Waals surface area contributed by atoms with Crippen LogP contribution in [0, 0.1) is 0 Å². The maximum Gasteiger partial charge on any atom is 0.236 e. The van der Waals surface area contributed by atoms with Gasteiger partial charge in [0.2, 0.25) is 5.91 Å². The first kappa shape index (κ1) is 11.4. The van der Waals surface area contributed by atoms with Gasteiger partial charge in [0.15, 0.2) is 11.5 Å². The van der Waals surface area contributed by atoms with Crippen LogP contribution in [-0.4, -0.2) is 24.8 Å². The van der Waals surface area contributed by atoms with Crippen LogP contribution in [-0.2, 0) is 4.79 Å². The number of carbonyl (C=O) groups is 1. The number of hydrazone groups is 1. The molecule has 0 bridgehead atoms. The third-order valence-corrected chi connectivity index (χ3v) is 2.34. The molecule has 0 fully saturated rings. The van der Waals surface area contributed by atoms with Crippen molar-refractivity contribution in [2.24, 2.45) is 5.10 Å². The maximum atomic E-state index is 10.7. The van der Waals surface area contributed by atoms with Crippen LogP contribution in [0.25, 0.3) is 0 Å². The molecule has 1 amide bonds. The van der Waals surface area contributed by atoms with Gasteiger partial charge in [0.1, 0.15) is 13.2 Å². The highest BCUT2D eigenvalue weighted by atomic mass is 16.6. The van der Waals surface area contributed by atoms with E-state index >= 15 is 0 Å². The minimum Gasteiger partial charge on any atom is -0.486 e. The van der Waals surface area contributed by atoms with E-state index in [2.05, 4.69) is 10.5 Å². The van der Waals surface area contributed by atoms with Crippen molar-refractivity contribution in [3.63, 3.8) is 0 Å². The lowest BCUT2D eigenvalue weighted by atomic mass is 10.1. The van der Waals surface area contributed by atoms with E-state index in [1.54, 1.807) is 0 Å². The van der Waals surface area contributed by atoms with E-state index in [0.29, 0.717) is 19.0 Å². The van der Waals surface area contributed by atoms with E-state index in [1.165, 1.54) is 6.92 Å². The summed E-state index contributed by atoms with van der Waals surface area (Å²) in [5.41, 5.74) is 4.01. The van der Waals surface area contributed by atoms with Gasteiger partial charge in [-0.15, -0.1) is 0 Å². The molecular formula is C12H14N2O3. The number of fused-ring (bicyclic) bond motifs is 1. The van der Waals surface area contributed by atoms with E-state index in [1.807, 2.05) is 25.1 Å². The minimum atomic E-state index is -0.193. The lowest BCUT2D eigenvalue weighted by Gasteiger charge is -2.18. The van der Waals surface area contributed by atoms with Gasteiger partial charge in [-0.2, -0.15) is 5.10 Å². The highest BCUT2D eigenvalue weighted by molar-refractivity contribution is 5.99. The largest absolute Gasteiger partial charge is 0.486 e. The smallest absolute Gasteiger partial charge is 0.236 e. The van der Waals surface area contributed by atoms with Gasteiger partial charge in [-0.25, -0.2) is 5.43 Å². The van der Waals surface area contributed by atoms with E-state index in [9.17, 15) is 4.79 Å². The molecule has 0 aromatic heterocycles. The zero-order chi connectivity index (χ0) is 12.3. The fraction of sp³-hybridized carbons (Fsp3) is 0.333. The van der Waals surface area contributed by atoms with Crippen molar-refractivity contribution in [2.75, 3.05) is 13.2 Å². The van der Waals surface area contributed by atoms with Crippen molar-refractivity contribution in [3.8, 4) is 11.5 Å². The van der Waals surface area contributed by atoms with Gasteiger partial charge in [-0.3, -0.25) is 4.79 Å². The monoisotopic (exact) mass is 234 g/mol. The standard InChI is InChI=1S/C12H14N2O3/c1-8(13-14-9(2)15)10-3-4-11-12(7-10)17-6-5-16-11/h3-4,7H,5-6H2,1-2H3,(H,14,15)/b13-8+. The van der Waals surface area contributed by atoms with Crippen molar-refractivity contribution in [2.45, 2.75) is 13.8 Å². The van der Waals surface area contributed by atoms with Crippen molar-refractivity contribution >= 4 is 11.6 Å². The Morgan fingerprint density at radius 3 is 2.65 bits per heavy atom. The van der Waals surface area contributed by atoms with Crippen LogP contribution in [0.1, 0.15) is 19.4 Å². The molecule has 1 aliphatic rings. The maximum absolute atomic E-state index is 10.7. The summed E-state index contributed by atoms with van der Waals surface area (Å²) in [7, 11) is 0. The average molecular weight is 234 g/mol. The van der Waals surface area contributed by atoms with Gasteiger partial charge < -0.3 is 9.47 Å². The molecule has 1 N–H and O–H groups in total. The number of amides is 1. The van der Waals surface area contributed by atoms with Crippen LogP contribution in [0.3, 0.4) is 0 Å². The molecule has 1 aromatic rings. The molecule has 5 nitrogen and oxygen atoms in total. The number of nitrogens with zero attached hydrogens (tertiary/aromatic N) is 1. The Balaban J connectivity index is 2.21. The van der Waals surface area contributed by atoms with Crippen LogP contribution in [0.2, 0.25) is 0 Å². The zero-order valence-corrected chi connectivity index (χ0v) is 9.82. The fourth-order valence-electron chi connectivity index (χ4n) is 1.50. The topological polar surface area (TPSA) is 59.9 Å². The molecule has 1 aromatic carbocycles. The molecule has 90 valence electrons. The fourth-order valence-corrected chi connectivity index (χ4v) is 1.50. The Labute approximate surface area is 99.4 Å². The molecule has 0 unspecified atom stereocenters. The zero-order valence-electron chi connectivity index (χ0n) is 9.82. The van der Waals surface area contributed by atoms with E-state index in [4.69, 9.17) is 9.47 Å². The normalized spacial score (nSPS) is 14.4. The molecule has 1 aliphatic heterocycles. The Morgan fingerprint density at radius 2 is 1.94 bits per heavy atom. The van der Waals surface area contributed by atoms with Crippen molar-refractivity contribution in [1.82, 2.24) is 5.43 Å². The van der Waals surface area contributed by atoms with Crippen molar-refractivity contribution in [1.29, 1.82) is 0 Å². The molecule has 0 aliphatic carbocycles. The van der Waals surface area contributed by atoms with Gasteiger partial charge in [0, 0.05) is 12.5 Å². The van der Waals surface area contributed by atoms with Crippen LogP contribution in [0.4, 0.5) is 0 Å². The van der Waals surface area contributed by atoms with Crippen molar-refractivity contribution < 1.29 is 14.3 Å². The molecule has 1 heterocycles. The number of ether oxygens (including phenoxy) is 2. The van der Waals surface area contributed by atoms with E-state index in [-0.39, 0.29) is 5.91 Å². The third kappa shape index (κ3) is 2.75. The minimum absolute atomic E-state index is 0.193. The summed E-state index contributed by atoms with van der Waals surface area (Å²) in [6, 6.07) is 5.58. The second kappa shape index (κ2) is 4.86.